The summed E-state index contributed by atoms with van der Waals surface area (Å²) in [7, 11) is 0. The number of nitrogens with one attached hydrogen (secondary N) is 3. The van der Waals surface area contributed by atoms with Crippen LogP contribution in [0.25, 0.3) is 0 Å². The molecule has 0 aliphatic carbocycles. The van der Waals surface area contributed by atoms with Gasteiger partial charge in [0.1, 0.15) is 18.1 Å². The van der Waals surface area contributed by atoms with E-state index in [0.29, 0.717) is 0 Å². The van der Waals surface area contributed by atoms with Gasteiger partial charge in [0, 0.05) is 0 Å². The van der Waals surface area contributed by atoms with Gasteiger partial charge in [-0.1, -0.05) is 0 Å². The Hall–Kier alpha value is -2.28. The van der Waals surface area contributed by atoms with Crippen LogP contribution in [0.2, 0.25) is 0 Å². The van der Waals surface area contributed by atoms with Crippen molar-refractivity contribution in [3.8, 4) is 0 Å². The molecule has 0 saturated heterocycles. The summed E-state index contributed by atoms with van der Waals surface area (Å²) in [5, 5.41) is 42.4. The predicted molar refractivity (Wildman–Crippen MR) is 82.9 cm³/mol. The number of hydrogen-bond acceptors (Lipinski definition) is 8. The molecule has 25 heavy (non-hydrogen) atoms. The van der Waals surface area contributed by atoms with E-state index in [1.807, 2.05) is 5.32 Å². The molecular formula is C13H24N4O8. The van der Waals surface area contributed by atoms with Gasteiger partial charge >= 0.3 is 5.97 Å². The Labute approximate surface area is 143 Å². The minimum Gasteiger partial charge on any atom is -0.480 e. The maximum atomic E-state index is 12.0. The SMILES string of the molecule is CC(NC(=O)C(CO)NC(=O)C(N)CO)C(=O)NC(C(=O)O)C(C)O. The third kappa shape index (κ3) is 7.43. The van der Waals surface area contributed by atoms with Crippen molar-refractivity contribution in [1.29, 1.82) is 0 Å². The van der Waals surface area contributed by atoms with Gasteiger partial charge in [0.2, 0.25) is 17.7 Å². The van der Waals surface area contributed by atoms with Gasteiger partial charge in [-0.2, -0.15) is 0 Å². The summed E-state index contributed by atoms with van der Waals surface area (Å²) < 4.78 is 0. The Bertz CT molecular complexity index is 498. The average Bonchev–Trinajstić information content (AvgIpc) is 2.54. The van der Waals surface area contributed by atoms with Crippen LogP contribution in [-0.4, -0.2) is 87.6 Å². The molecule has 0 fully saturated rings. The lowest BCUT2D eigenvalue weighted by Gasteiger charge is -2.23. The van der Waals surface area contributed by atoms with E-state index in [4.69, 9.17) is 21.1 Å². The van der Waals surface area contributed by atoms with E-state index < -0.39 is 67.2 Å². The lowest BCUT2D eigenvalue weighted by molar-refractivity contribution is -0.145. The van der Waals surface area contributed by atoms with Gasteiger partial charge < -0.3 is 42.1 Å². The van der Waals surface area contributed by atoms with Crippen LogP contribution >= 0.6 is 0 Å². The van der Waals surface area contributed by atoms with Crippen molar-refractivity contribution in [3.05, 3.63) is 0 Å². The van der Waals surface area contributed by atoms with Crippen LogP contribution in [0.4, 0.5) is 0 Å². The van der Waals surface area contributed by atoms with E-state index in [1.54, 1.807) is 0 Å². The summed E-state index contributed by atoms with van der Waals surface area (Å²) in [6.45, 7) is 0.948. The summed E-state index contributed by atoms with van der Waals surface area (Å²) in [6.07, 6.45) is -1.37. The number of nitrogens with two attached hydrogens (primary N) is 1. The van der Waals surface area contributed by atoms with Crippen molar-refractivity contribution in [2.24, 2.45) is 5.73 Å². The molecule has 0 aliphatic rings. The van der Waals surface area contributed by atoms with E-state index in [-0.39, 0.29) is 0 Å². The maximum absolute atomic E-state index is 12.0. The molecule has 0 aromatic heterocycles. The lowest BCUT2D eigenvalue weighted by atomic mass is 10.1. The van der Waals surface area contributed by atoms with E-state index in [9.17, 15) is 24.3 Å². The predicted octanol–water partition coefficient (Wildman–Crippen LogP) is -4.76. The van der Waals surface area contributed by atoms with Crippen molar-refractivity contribution < 1.29 is 39.6 Å². The van der Waals surface area contributed by atoms with E-state index in [0.717, 1.165) is 0 Å². The van der Waals surface area contributed by atoms with Crippen LogP contribution in [0, 0.1) is 0 Å². The molecule has 5 unspecified atom stereocenters. The van der Waals surface area contributed by atoms with Gasteiger partial charge in [0.05, 0.1) is 19.3 Å². The zero-order valence-electron chi connectivity index (χ0n) is 13.8. The molecule has 0 aromatic carbocycles. The van der Waals surface area contributed by atoms with Crippen LogP contribution in [-0.2, 0) is 19.2 Å². The maximum Gasteiger partial charge on any atom is 0.328 e. The molecule has 9 N–H and O–H groups in total. The van der Waals surface area contributed by atoms with Crippen LogP contribution in [0.1, 0.15) is 13.8 Å². The minimum atomic E-state index is -1.57. The van der Waals surface area contributed by atoms with Gasteiger partial charge in [0.15, 0.2) is 6.04 Å². The zero-order chi connectivity index (χ0) is 19.7. The number of carboxylic acids is 1. The van der Waals surface area contributed by atoms with Gasteiger partial charge in [-0.25, -0.2) is 4.79 Å². The number of carboxylic acid groups (broad SMARTS) is 1. The molecule has 0 bridgehead atoms. The number of rotatable bonds is 10. The first kappa shape index (κ1) is 22.7. The van der Waals surface area contributed by atoms with E-state index in [2.05, 4.69) is 10.6 Å². The fourth-order valence-corrected chi connectivity index (χ4v) is 1.60. The number of aliphatic carboxylic acids is 1. The van der Waals surface area contributed by atoms with Crippen molar-refractivity contribution in [2.75, 3.05) is 13.2 Å². The second kappa shape index (κ2) is 10.6. The molecule has 144 valence electrons. The van der Waals surface area contributed by atoms with E-state index >= 15 is 0 Å². The van der Waals surface area contributed by atoms with Gasteiger partial charge in [0.25, 0.3) is 0 Å². The topological polar surface area (TPSA) is 211 Å². The second-order valence-electron chi connectivity index (χ2n) is 5.33. The Kier molecular flexibility index (Phi) is 9.59. The molecule has 0 aliphatic heterocycles. The van der Waals surface area contributed by atoms with Crippen molar-refractivity contribution in [1.82, 2.24) is 16.0 Å². The van der Waals surface area contributed by atoms with Crippen molar-refractivity contribution in [3.63, 3.8) is 0 Å². The summed E-state index contributed by atoms with van der Waals surface area (Å²) >= 11 is 0. The highest BCUT2D eigenvalue weighted by Crippen LogP contribution is 1.96. The van der Waals surface area contributed by atoms with Crippen LogP contribution < -0.4 is 21.7 Å². The Morgan fingerprint density at radius 2 is 1.48 bits per heavy atom. The number of aliphatic hydroxyl groups is 3. The molecule has 0 radical (unpaired) electrons. The molecule has 5 atom stereocenters. The molecule has 0 spiro atoms. The molecule has 12 heteroatoms. The Morgan fingerprint density at radius 1 is 0.920 bits per heavy atom. The summed E-state index contributed by atoms with van der Waals surface area (Å²) in [5.74, 6) is -4.15. The number of hydrogen-bond donors (Lipinski definition) is 8. The lowest BCUT2D eigenvalue weighted by Crippen LogP contribution is -2.58. The number of aliphatic hydroxyl groups excluding tert-OH is 3. The Balaban J connectivity index is 4.76. The van der Waals surface area contributed by atoms with Gasteiger partial charge in [-0.05, 0) is 13.8 Å². The second-order valence-corrected chi connectivity index (χ2v) is 5.33. The fraction of sp³-hybridized carbons (Fsp3) is 0.692. The summed E-state index contributed by atoms with van der Waals surface area (Å²) in [6, 6.07) is -5.49. The third-order valence-electron chi connectivity index (χ3n) is 3.15. The molecule has 0 aromatic rings. The van der Waals surface area contributed by atoms with Crippen molar-refractivity contribution in [2.45, 2.75) is 44.1 Å². The van der Waals surface area contributed by atoms with E-state index in [1.165, 1.54) is 13.8 Å². The smallest absolute Gasteiger partial charge is 0.328 e. The number of amides is 3. The molecule has 0 heterocycles. The summed E-state index contributed by atoms with van der Waals surface area (Å²) in [4.78, 5) is 46.3. The highest BCUT2D eigenvalue weighted by molar-refractivity contribution is 5.94. The van der Waals surface area contributed by atoms with Crippen LogP contribution in [0.15, 0.2) is 0 Å². The first-order valence-corrected chi connectivity index (χ1v) is 7.34. The molecular weight excluding hydrogens is 340 g/mol. The van der Waals surface area contributed by atoms with Crippen LogP contribution in [0.5, 0.6) is 0 Å². The molecule has 0 saturated carbocycles. The molecule has 0 rings (SSSR count). The van der Waals surface area contributed by atoms with Crippen molar-refractivity contribution >= 4 is 23.7 Å². The van der Waals surface area contributed by atoms with Gasteiger partial charge in [-0.15, -0.1) is 0 Å². The summed E-state index contributed by atoms with van der Waals surface area (Å²) in [5.41, 5.74) is 5.26. The molecule has 3 amide bonds. The fourth-order valence-electron chi connectivity index (χ4n) is 1.60. The van der Waals surface area contributed by atoms with Crippen LogP contribution in [0.3, 0.4) is 0 Å². The number of carbonyl (C=O) groups excluding carboxylic acids is 3. The normalized spacial score (nSPS) is 16.7. The average molecular weight is 364 g/mol. The minimum absolute atomic E-state index is 0.666. The zero-order valence-corrected chi connectivity index (χ0v) is 13.8. The first-order chi connectivity index (χ1) is 11.5. The standard InChI is InChI=1S/C13H24N4O8/c1-5(10(21)17-9(6(2)20)13(24)25)15-12(23)8(4-19)16-11(22)7(14)3-18/h5-9,18-20H,3-4,14H2,1-2H3,(H,15,23)(H,16,22)(H,17,21)(H,24,25). The largest absolute Gasteiger partial charge is 0.480 e. The Morgan fingerprint density at radius 3 is 1.88 bits per heavy atom. The van der Waals surface area contributed by atoms with Gasteiger partial charge in [-0.3, -0.25) is 14.4 Å². The highest BCUT2D eigenvalue weighted by Gasteiger charge is 2.29. The highest BCUT2D eigenvalue weighted by atomic mass is 16.4. The monoisotopic (exact) mass is 364 g/mol. The first-order valence-electron chi connectivity index (χ1n) is 7.34. The quantitative estimate of drug-likeness (QED) is 0.187. The third-order valence-corrected chi connectivity index (χ3v) is 3.15. The molecule has 12 nitrogen and oxygen atoms in total. The number of carbonyl (C=O) groups is 4.